The normalized spacial score (nSPS) is 11.5. The van der Waals surface area contributed by atoms with Crippen LogP contribution in [0.25, 0.3) is 111 Å². The lowest BCUT2D eigenvalue weighted by atomic mass is 9.98. The van der Waals surface area contributed by atoms with E-state index in [9.17, 15) is 5.26 Å². The lowest BCUT2D eigenvalue weighted by Gasteiger charge is -2.19. The molecule has 66 heavy (non-hydrogen) atoms. The molecule has 0 fully saturated rings. The molecule has 0 radical (unpaired) electrons. The minimum atomic E-state index is -0.718. The molecule has 0 spiro atoms. The van der Waals surface area contributed by atoms with Crippen molar-refractivity contribution in [2.75, 3.05) is 0 Å². The third-order valence-electron chi connectivity index (χ3n) is 12.5. The van der Waals surface area contributed by atoms with E-state index in [-0.39, 0.29) is 11.1 Å². The number of aromatic nitrogens is 4. The van der Waals surface area contributed by atoms with Gasteiger partial charge < -0.3 is 9.13 Å². The van der Waals surface area contributed by atoms with Crippen molar-refractivity contribution in [2.45, 2.75) is 0 Å². The number of fused-ring (bicyclic) bond motifs is 6. The molecule has 0 aliphatic carbocycles. The van der Waals surface area contributed by atoms with Gasteiger partial charge in [-0.1, -0.05) is 140 Å². The topological polar surface area (TPSA) is 59.4 Å². The minimum Gasteiger partial charge on any atom is -0.309 e. The van der Waals surface area contributed by atoms with E-state index >= 15 is 8.78 Å². The number of benzene rings is 8. The summed E-state index contributed by atoms with van der Waals surface area (Å²) >= 11 is 0. The van der Waals surface area contributed by atoms with Crippen molar-refractivity contribution in [3.8, 4) is 73.6 Å². The summed E-state index contributed by atoms with van der Waals surface area (Å²) in [6, 6.07) is 70.5. The molecule has 0 saturated heterocycles. The van der Waals surface area contributed by atoms with Gasteiger partial charge in [-0.2, -0.15) is 5.26 Å². The summed E-state index contributed by atoms with van der Waals surface area (Å²) in [5.74, 6) is -1.44. The first kappa shape index (κ1) is 38.7. The van der Waals surface area contributed by atoms with Crippen LogP contribution in [0.1, 0.15) is 5.56 Å². The monoisotopic (exact) mass is 851 g/mol. The van der Waals surface area contributed by atoms with E-state index in [1.807, 2.05) is 149 Å². The lowest BCUT2D eigenvalue weighted by Crippen LogP contribution is -2.05. The number of pyridine rings is 2. The number of nitrogens with zero attached hydrogens (tertiary/aromatic N) is 5. The van der Waals surface area contributed by atoms with Crippen LogP contribution in [-0.2, 0) is 0 Å². The maximum absolute atomic E-state index is 16.5. The minimum absolute atomic E-state index is 0.194. The van der Waals surface area contributed by atoms with Gasteiger partial charge in [0.2, 0.25) is 0 Å². The zero-order valence-electron chi connectivity index (χ0n) is 35.2. The predicted octanol–water partition coefficient (Wildman–Crippen LogP) is 15.2. The average molecular weight is 852 g/mol. The third kappa shape index (κ3) is 6.35. The largest absolute Gasteiger partial charge is 0.309 e. The maximum atomic E-state index is 16.5. The van der Waals surface area contributed by atoms with E-state index in [1.54, 1.807) is 12.1 Å². The quantitative estimate of drug-likeness (QED) is 0.160. The van der Waals surface area contributed by atoms with Gasteiger partial charge in [-0.3, -0.25) is 0 Å². The fourth-order valence-corrected chi connectivity index (χ4v) is 9.50. The fourth-order valence-electron chi connectivity index (χ4n) is 9.50. The molecule has 0 aliphatic rings. The highest BCUT2D eigenvalue weighted by Gasteiger charge is 2.25. The number of halogens is 2. The summed E-state index contributed by atoms with van der Waals surface area (Å²) < 4.78 is 37.0. The van der Waals surface area contributed by atoms with Crippen LogP contribution in [-0.4, -0.2) is 19.1 Å². The van der Waals surface area contributed by atoms with Gasteiger partial charge in [-0.25, -0.2) is 18.7 Å². The van der Waals surface area contributed by atoms with Gasteiger partial charge in [0.25, 0.3) is 0 Å². The fraction of sp³-hybridized carbons (Fsp3) is 0. The van der Waals surface area contributed by atoms with Crippen LogP contribution in [0.4, 0.5) is 8.78 Å². The molecule has 0 N–H and O–H groups in total. The van der Waals surface area contributed by atoms with Crippen molar-refractivity contribution < 1.29 is 8.78 Å². The van der Waals surface area contributed by atoms with Gasteiger partial charge in [-0.05, 0) is 72.8 Å². The highest BCUT2D eigenvalue weighted by Crippen LogP contribution is 2.43. The molecule has 4 heterocycles. The average Bonchev–Trinajstić information content (AvgIpc) is 3.88. The van der Waals surface area contributed by atoms with E-state index in [1.165, 1.54) is 18.2 Å². The molecule has 0 aliphatic heterocycles. The number of hydrogen-bond acceptors (Lipinski definition) is 3. The van der Waals surface area contributed by atoms with Crippen LogP contribution in [0.3, 0.4) is 0 Å². The van der Waals surface area contributed by atoms with E-state index in [2.05, 4.69) is 48.5 Å². The van der Waals surface area contributed by atoms with Gasteiger partial charge in [0.1, 0.15) is 17.7 Å². The van der Waals surface area contributed by atoms with Crippen LogP contribution in [0.5, 0.6) is 0 Å². The van der Waals surface area contributed by atoms with Crippen molar-refractivity contribution in [1.29, 1.82) is 5.26 Å². The molecule has 0 bridgehead atoms. The number of para-hydroxylation sites is 2. The van der Waals surface area contributed by atoms with Crippen molar-refractivity contribution in [2.24, 2.45) is 0 Å². The Kier molecular flexibility index (Phi) is 9.18. The lowest BCUT2D eigenvalue weighted by molar-refractivity contribution is 0.589. The maximum Gasteiger partial charge on any atom is 0.134 e. The molecule has 0 saturated carbocycles. The van der Waals surface area contributed by atoms with Gasteiger partial charge in [0.15, 0.2) is 0 Å². The summed E-state index contributed by atoms with van der Waals surface area (Å²) in [4.78, 5) is 10.1. The van der Waals surface area contributed by atoms with E-state index < -0.39 is 11.6 Å². The van der Waals surface area contributed by atoms with Gasteiger partial charge in [0, 0.05) is 49.4 Å². The van der Waals surface area contributed by atoms with Gasteiger partial charge in [-0.15, -0.1) is 0 Å². The number of nitriles is 1. The van der Waals surface area contributed by atoms with Crippen molar-refractivity contribution >= 4 is 43.6 Å². The molecule has 0 atom stereocenters. The van der Waals surface area contributed by atoms with Gasteiger partial charge >= 0.3 is 0 Å². The molecule has 8 aromatic carbocycles. The molecule has 12 rings (SSSR count). The zero-order valence-corrected chi connectivity index (χ0v) is 35.2. The SMILES string of the molecule is N#Cc1cc(-n2c3ccccc3c3ccc(-c4cccc(-c5ccccc5)n4)cc32)c(-c2c(F)cccc2F)cc1-n1c2ccccc2c2ccc(-c3cccc(-c4ccccc4)n3)cc21. The van der Waals surface area contributed by atoms with Crippen molar-refractivity contribution in [3.63, 3.8) is 0 Å². The van der Waals surface area contributed by atoms with Crippen LogP contribution < -0.4 is 0 Å². The summed E-state index contributed by atoms with van der Waals surface area (Å²) in [6.45, 7) is 0. The molecule has 12 aromatic rings. The first-order valence-corrected chi connectivity index (χ1v) is 21.7. The Hall–Kier alpha value is -8.99. The Labute approximate surface area is 378 Å². The van der Waals surface area contributed by atoms with Crippen LogP contribution in [0.2, 0.25) is 0 Å². The smallest absolute Gasteiger partial charge is 0.134 e. The zero-order chi connectivity index (χ0) is 44.3. The molecule has 7 heteroatoms. The molecule has 4 aromatic heterocycles. The molecule has 0 amide bonds. The predicted molar refractivity (Wildman–Crippen MR) is 263 cm³/mol. The molecule has 310 valence electrons. The van der Waals surface area contributed by atoms with Crippen LogP contribution >= 0.6 is 0 Å². The Morgan fingerprint density at radius 2 is 0.788 bits per heavy atom. The molecule has 5 nitrogen and oxygen atoms in total. The molecular weight excluding hydrogens is 817 g/mol. The second-order valence-electron chi connectivity index (χ2n) is 16.3. The number of hydrogen-bond donors (Lipinski definition) is 0. The van der Waals surface area contributed by atoms with Crippen molar-refractivity contribution in [3.05, 3.63) is 230 Å². The Balaban J connectivity index is 1.12. The second kappa shape index (κ2) is 15.7. The van der Waals surface area contributed by atoms with Crippen molar-refractivity contribution in [1.82, 2.24) is 19.1 Å². The summed E-state index contributed by atoms with van der Waals surface area (Å²) in [7, 11) is 0. The van der Waals surface area contributed by atoms with Crippen LogP contribution in [0.15, 0.2) is 212 Å². The first-order valence-electron chi connectivity index (χ1n) is 21.7. The van der Waals surface area contributed by atoms with E-state index in [4.69, 9.17) is 9.97 Å². The second-order valence-corrected chi connectivity index (χ2v) is 16.3. The summed E-state index contributed by atoms with van der Waals surface area (Å²) in [5.41, 5.74) is 11.6. The Bertz CT molecular complexity index is 3900. The third-order valence-corrected chi connectivity index (χ3v) is 12.5. The Morgan fingerprint density at radius 3 is 1.29 bits per heavy atom. The highest BCUT2D eigenvalue weighted by atomic mass is 19.1. The summed E-state index contributed by atoms with van der Waals surface area (Å²) in [5, 5.41) is 15.0. The number of rotatable bonds is 7. The molecular formula is C59H35F2N5. The Morgan fingerprint density at radius 1 is 0.364 bits per heavy atom. The molecule has 0 unspecified atom stereocenters. The first-order chi connectivity index (χ1) is 32.5. The standard InChI is InChI=1S/C59H35F2N5/c60-47-20-11-21-48(61)59(47)46-35-55(65-53-26-9-7-18-42(53)44-30-28-39(32-56(44)65)51-24-12-22-49(63-51)37-14-3-1-4-15-37)41(36-62)34-58(46)66-54-27-10-8-19-43(54)45-31-29-40(33-57(45)66)52-25-13-23-50(64-52)38-16-5-2-6-17-38/h1-35H. The van der Waals surface area contributed by atoms with Crippen LogP contribution in [0, 0.1) is 23.0 Å². The van der Waals surface area contributed by atoms with E-state index in [0.717, 1.165) is 88.6 Å². The summed E-state index contributed by atoms with van der Waals surface area (Å²) in [6.07, 6.45) is 0. The van der Waals surface area contributed by atoms with Gasteiger partial charge in [0.05, 0.1) is 67.3 Å². The highest BCUT2D eigenvalue weighted by molar-refractivity contribution is 6.12. The van der Waals surface area contributed by atoms with E-state index in [0.29, 0.717) is 16.9 Å².